The Hall–Kier alpha value is -3.14. The molecule has 5 rings (SSSR count). The minimum Gasteiger partial charge on any atom is -0.441 e. The Morgan fingerprint density at radius 1 is 1.18 bits per heavy atom. The fraction of sp³-hybridized carbons (Fsp3) is 0.500. The number of alkyl halides is 2. The van der Waals surface area contributed by atoms with Crippen LogP contribution in [-0.4, -0.2) is 63.6 Å². The number of urea groups is 1. The standard InChI is InChI=1S/C24H28F2N6O2/c1-14-27-13-22(34-14)15-5-6-21-16(7-15)8-23(31-30-21)29-24(33)32-19-3-2-4-20(32)10-17(9-19)28-18(11-25)12-26/h5-8,13,17-20,28H,2-4,9-12H2,1H3,(H,29,31,33)/t17?,19-,20?/m0/s1. The maximum absolute atomic E-state index is 13.2. The van der Waals surface area contributed by atoms with Gasteiger partial charge in [0.15, 0.2) is 17.5 Å². The average Bonchev–Trinajstić information content (AvgIpc) is 3.27. The van der Waals surface area contributed by atoms with E-state index in [4.69, 9.17) is 4.42 Å². The molecule has 2 N–H and O–H groups in total. The number of hydrogen-bond donors (Lipinski definition) is 2. The molecular weight excluding hydrogens is 442 g/mol. The first-order valence-corrected chi connectivity index (χ1v) is 11.7. The lowest BCUT2D eigenvalue weighted by Gasteiger charge is -2.49. The van der Waals surface area contributed by atoms with E-state index in [-0.39, 0.29) is 24.2 Å². The molecular formula is C24H28F2N6O2. The quantitative estimate of drug-likeness (QED) is 0.554. The van der Waals surface area contributed by atoms with Crippen LogP contribution >= 0.6 is 0 Å². The van der Waals surface area contributed by atoms with E-state index in [9.17, 15) is 13.6 Å². The first-order chi connectivity index (χ1) is 16.5. The van der Waals surface area contributed by atoms with Gasteiger partial charge in [-0.3, -0.25) is 5.32 Å². The summed E-state index contributed by atoms with van der Waals surface area (Å²) in [4.78, 5) is 19.3. The number of anilines is 1. The Morgan fingerprint density at radius 3 is 2.62 bits per heavy atom. The van der Waals surface area contributed by atoms with E-state index in [2.05, 4.69) is 25.8 Å². The molecule has 2 aliphatic heterocycles. The largest absolute Gasteiger partial charge is 0.441 e. The highest BCUT2D eigenvalue weighted by atomic mass is 19.1. The van der Waals surface area contributed by atoms with Gasteiger partial charge in [-0.05, 0) is 56.4 Å². The predicted octanol–water partition coefficient (Wildman–Crippen LogP) is 4.41. The summed E-state index contributed by atoms with van der Waals surface area (Å²) in [6, 6.07) is 6.55. The van der Waals surface area contributed by atoms with Crippen LogP contribution in [0.3, 0.4) is 0 Å². The number of oxazole rings is 1. The molecule has 3 atom stereocenters. The van der Waals surface area contributed by atoms with Crippen LogP contribution in [0.5, 0.6) is 0 Å². The summed E-state index contributed by atoms with van der Waals surface area (Å²) < 4.78 is 31.6. The summed E-state index contributed by atoms with van der Waals surface area (Å²) in [6.45, 7) is 0.328. The number of rotatable bonds is 6. The van der Waals surface area contributed by atoms with Crippen molar-refractivity contribution < 1.29 is 18.0 Å². The Labute approximate surface area is 196 Å². The van der Waals surface area contributed by atoms with Crippen LogP contribution in [0.1, 0.15) is 38.0 Å². The molecule has 180 valence electrons. The number of nitrogens with one attached hydrogen (secondary N) is 2. The zero-order chi connectivity index (χ0) is 23.7. The van der Waals surface area contributed by atoms with E-state index < -0.39 is 19.4 Å². The molecule has 2 unspecified atom stereocenters. The molecule has 4 heterocycles. The number of amides is 2. The second-order valence-corrected chi connectivity index (χ2v) is 9.16. The Bertz CT molecular complexity index is 1150. The van der Waals surface area contributed by atoms with Crippen LogP contribution < -0.4 is 10.6 Å². The van der Waals surface area contributed by atoms with Crippen LogP contribution in [0.2, 0.25) is 0 Å². The number of aromatic nitrogens is 3. The molecule has 3 aromatic rings. The van der Waals surface area contributed by atoms with Crippen molar-refractivity contribution in [3.8, 4) is 11.3 Å². The van der Waals surface area contributed by atoms with Crippen molar-refractivity contribution in [2.45, 2.75) is 63.2 Å². The molecule has 2 aromatic heterocycles. The van der Waals surface area contributed by atoms with Gasteiger partial charge in [0.05, 0.1) is 17.8 Å². The first-order valence-electron chi connectivity index (χ1n) is 11.7. The summed E-state index contributed by atoms with van der Waals surface area (Å²) in [5, 5.41) is 15.2. The first kappa shape index (κ1) is 22.6. The van der Waals surface area contributed by atoms with Crippen LogP contribution in [0, 0.1) is 6.92 Å². The summed E-state index contributed by atoms with van der Waals surface area (Å²) in [5.41, 5.74) is 1.57. The minimum absolute atomic E-state index is 0.00876. The van der Waals surface area contributed by atoms with Gasteiger partial charge >= 0.3 is 6.03 Å². The monoisotopic (exact) mass is 470 g/mol. The molecule has 0 spiro atoms. The molecule has 2 saturated heterocycles. The molecule has 0 radical (unpaired) electrons. The molecule has 2 bridgehead atoms. The van der Waals surface area contributed by atoms with Crippen LogP contribution in [0.15, 0.2) is 34.9 Å². The topological polar surface area (TPSA) is 96.2 Å². The molecule has 1 aromatic carbocycles. The van der Waals surface area contributed by atoms with E-state index in [0.29, 0.717) is 35.8 Å². The number of benzene rings is 1. The summed E-state index contributed by atoms with van der Waals surface area (Å²) in [7, 11) is 0. The number of nitrogens with zero attached hydrogens (tertiary/aromatic N) is 4. The number of carbonyl (C=O) groups is 1. The lowest BCUT2D eigenvalue weighted by Crippen LogP contribution is -2.60. The number of fused-ring (bicyclic) bond motifs is 3. The fourth-order valence-corrected chi connectivity index (χ4v) is 5.24. The lowest BCUT2D eigenvalue weighted by molar-refractivity contribution is 0.0565. The number of aryl methyl sites for hydroxylation is 1. The van der Waals surface area contributed by atoms with Crippen molar-refractivity contribution in [1.82, 2.24) is 25.4 Å². The van der Waals surface area contributed by atoms with E-state index in [1.165, 1.54) is 0 Å². The molecule has 10 heteroatoms. The predicted molar refractivity (Wildman–Crippen MR) is 124 cm³/mol. The van der Waals surface area contributed by atoms with Crippen molar-refractivity contribution >= 4 is 22.8 Å². The minimum atomic E-state index is -0.773. The van der Waals surface area contributed by atoms with Gasteiger partial charge in [0, 0.05) is 36.0 Å². The van der Waals surface area contributed by atoms with Crippen molar-refractivity contribution in [3.63, 3.8) is 0 Å². The van der Waals surface area contributed by atoms with Gasteiger partial charge in [-0.2, -0.15) is 0 Å². The second-order valence-electron chi connectivity index (χ2n) is 9.16. The van der Waals surface area contributed by atoms with E-state index in [0.717, 1.165) is 30.2 Å². The molecule has 2 amide bonds. The van der Waals surface area contributed by atoms with Gasteiger partial charge in [-0.25, -0.2) is 18.6 Å². The molecule has 0 saturated carbocycles. The zero-order valence-corrected chi connectivity index (χ0v) is 19.0. The maximum atomic E-state index is 13.2. The lowest BCUT2D eigenvalue weighted by atomic mass is 9.81. The number of carbonyl (C=O) groups excluding carboxylic acids is 1. The molecule has 8 nitrogen and oxygen atoms in total. The van der Waals surface area contributed by atoms with Crippen molar-refractivity contribution in [2.75, 3.05) is 18.7 Å². The summed E-state index contributed by atoms with van der Waals surface area (Å²) in [5.74, 6) is 1.62. The Kier molecular flexibility index (Phi) is 6.40. The van der Waals surface area contributed by atoms with Crippen molar-refractivity contribution in [1.29, 1.82) is 0 Å². The van der Waals surface area contributed by atoms with Gasteiger partial charge in [0.1, 0.15) is 13.3 Å². The molecule has 2 aliphatic rings. The average molecular weight is 471 g/mol. The normalized spacial score (nSPS) is 22.4. The Morgan fingerprint density at radius 2 is 1.94 bits per heavy atom. The summed E-state index contributed by atoms with van der Waals surface area (Å²) >= 11 is 0. The van der Waals surface area contributed by atoms with Gasteiger partial charge in [0.2, 0.25) is 0 Å². The maximum Gasteiger partial charge on any atom is 0.323 e. The number of hydrogen-bond acceptors (Lipinski definition) is 6. The molecule has 0 aliphatic carbocycles. The SMILES string of the molecule is Cc1ncc(-c2ccc3nnc(NC(=O)N4C5CCC[C@H]4CC(NC(CF)CF)C5)cc3c2)o1. The second kappa shape index (κ2) is 9.61. The third-order valence-electron chi connectivity index (χ3n) is 6.78. The number of piperidine rings is 2. The van der Waals surface area contributed by atoms with E-state index in [1.807, 2.05) is 23.1 Å². The Balaban J connectivity index is 1.31. The molecule has 2 fully saturated rings. The highest BCUT2D eigenvalue weighted by molar-refractivity contribution is 5.92. The smallest absolute Gasteiger partial charge is 0.323 e. The third-order valence-corrected chi connectivity index (χ3v) is 6.78. The van der Waals surface area contributed by atoms with E-state index >= 15 is 0 Å². The van der Waals surface area contributed by atoms with Gasteiger partial charge in [-0.15, -0.1) is 10.2 Å². The van der Waals surface area contributed by atoms with Gasteiger partial charge in [-0.1, -0.05) is 0 Å². The molecule has 34 heavy (non-hydrogen) atoms. The van der Waals surface area contributed by atoms with Crippen LogP contribution in [0.25, 0.3) is 22.2 Å². The van der Waals surface area contributed by atoms with Crippen molar-refractivity contribution in [3.05, 3.63) is 36.4 Å². The summed E-state index contributed by atoms with van der Waals surface area (Å²) in [6.07, 6.45) is 5.84. The number of halogens is 2. The fourth-order valence-electron chi connectivity index (χ4n) is 5.24. The third kappa shape index (κ3) is 4.59. The van der Waals surface area contributed by atoms with E-state index in [1.54, 1.807) is 19.2 Å². The van der Waals surface area contributed by atoms with Crippen molar-refractivity contribution in [2.24, 2.45) is 0 Å². The van der Waals surface area contributed by atoms with Crippen LogP contribution in [0.4, 0.5) is 19.4 Å². The van der Waals surface area contributed by atoms with Gasteiger partial charge < -0.3 is 14.6 Å². The highest BCUT2D eigenvalue weighted by Gasteiger charge is 2.41. The van der Waals surface area contributed by atoms with Gasteiger partial charge in [0.25, 0.3) is 0 Å². The zero-order valence-electron chi connectivity index (χ0n) is 19.0. The highest BCUT2D eigenvalue weighted by Crippen LogP contribution is 2.35. The van der Waals surface area contributed by atoms with Crippen LogP contribution in [-0.2, 0) is 0 Å².